The molecule has 1 aromatic carbocycles. The topological polar surface area (TPSA) is 72.1 Å². The maximum Gasteiger partial charge on any atom is 0.315 e. The lowest BCUT2D eigenvalue weighted by molar-refractivity contribution is 0.239. The highest BCUT2D eigenvalue weighted by molar-refractivity contribution is 5.73. The van der Waals surface area contributed by atoms with Crippen LogP contribution in [0.25, 0.3) is 11.3 Å². The standard InChI is InChI=1S/C18H19FN4O2/c1-23-12-13(10-22-23)8-9-20-18(24)21-11-16-6-7-17(25-16)14-2-4-15(19)5-3-14/h2-7,10,12H,8-9,11H2,1H3,(H2,20,21,24). The van der Waals surface area contributed by atoms with E-state index >= 15 is 0 Å². The Morgan fingerprint density at radius 3 is 2.72 bits per heavy atom. The average Bonchev–Trinajstić information content (AvgIpc) is 3.23. The van der Waals surface area contributed by atoms with E-state index in [0.717, 1.165) is 17.5 Å². The SMILES string of the molecule is Cn1cc(CCNC(=O)NCc2ccc(-c3ccc(F)cc3)o2)cn1. The van der Waals surface area contributed by atoms with Crippen LogP contribution in [0.3, 0.4) is 0 Å². The van der Waals surface area contributed by atoms with Crippen LogP contribution in [-0.2, 0) is 20.0 Å². The summed E-state index contributed by atoms with van der Waals surface area (Å²) >= 11 is 0. The highest BCUT2D eigenvalue weighted by Gasteiger charge is 2.07. The van der Waals surface area contributed by atoms with E-state index in [1.165, 1.54) is 12.1 Å². The first kappa shape index (κ1) is 16.8. The molecule has 0 radical (unpaired) electrons. The van der Waals surface area contributed by atoms with Crippen molar-refractivity contribution in [2.45, 2.75) is 13.0 Å². The Kier molecular flexibility index (Phi) is 5.13. The zero-order valence-electron chi connectivity index (χ0n) is 13.8. The molecule has 0 aliphatic rings. The molecule has 0 saturated heterocycles. The summed E-state index contributed by atoms with van der Waals surface area (Å²) in [7, 11) is 1.85. The number of nitrogens with one attached hydrogen (secondary N) is 2. The van der Waals surface area contributed by atoms with Crippen molar-refractivity contribution < 1.29 is 13.6 Å². The molecule has 6 nitrogen and oxygen atoms in total. The van der Waals surface area contributed by atoms with Gasteiger partial charge in [-0.2, -0.15) is 5.10 Å². The summed E-state index contributed by atoms with van der Waals surface area (Å²) in [5, 5.41) is 9.60. The summed E-state index contributed by atoms with van der Waals surface area (Å²) in [6.45, 7) is 0.802. The van der Waals surface area contributed by atoms with Gasteiger partial charge >= 0.3 is 6.03 Å². The minimum absolute atomic E-state index is 0.261. The van der Waals surface area contributed by atoms with Crippen molar-refractivity contribution in [3.63, 3.8) is 0 Å². The second-order valence-electron chi connectivity index (χ2n) is 5.65. The fourth-order valence-corrected chi connectivity index (χ4v) is 2.39. The number of urea groups is 1. The van der Waals surface area contributed by atoms with Gasteiger partial charge in [0.15, 0.2) is 0 Å². The van der Waals surface area contributed by atoms with Gasteiger partial charge in [0.25, 0.3) is 0 Å². The lowest BCUT2D eigenvalue weighted by atomic mass is 10.2. The van der Waals surface area contributed by atoms with Gasteiger partial charge in [-0.15, -0.1) is 0 Å². The number of rotatable bonds is 6. The Labute approximate surface area is 144 Å². The van der Waals surface area contributed by atoms with Gasteiger partial charge < -0.3 is 15.1 Å². The van der Waals surface area contributed by atoms with Crippen molar-refractivity contribution in [2.75, 3.05) is 6.54 Å². The molecule has 3 aromatic rings. The molecule has 2 aromatic heterocycles. The molecule has 0 atom stereocenters. The van der Waals surface area contributed by atoms with E-state index < -0.39 is 0 Å². The van der Waals surface area contributed by atoms with Gasteiger partial charge in [0, 0.05) is 25.4 Å². The fraction of sp³-hybridized carbons (Fsp3) is 0.222. The molecule has 0 saturated carbocycles. The Morgan fingerprint density at radius 1 is 1.20 bits per heavy atom. The van der Waals surface area contributed by atoms with Gasteiger partial charge in [-0.25, -0.2) is 9.18 Å². The number of carbonyl (C=O) groups is 1. The molecule has 7 heteroatoms. The Bertz CT molecular complexity index is 839. The maximum absolute atomic E-state index is 12.9. The van der Waals surface area contributed by atoms with Crippen molar-refractivity contribution in [1.82, 2.24) is 20.4 Å². The second-order valence-corrected chi connectivity index (χ2v) is 5.65. The van der Waals surface area contributed by atoms with Crippen LogP contribution in [0.15, 0.2) is 53.2 Å². The number of nitrogens with zero attached hydrogens (tertiary/aromatic N) is 2. The van der Waals surface area contributed by atoms with E-state index in [-0.39, 0.29) is 18.4 Å². The third-order valence-corrected chi connectivity index (χ3v) is 3.67. The molecule has 2 N–H and O–H groups in total. The number of benzene rings is 1. The third-order valence-electron chi connectivity index (χ3n) is 3.67. The van der Waals surface area contributed by atoms with E-state index in [1.54, 1.807) is 35.1 Å². The molecule has 0 spiro atoms. The first-order valence-electron chi connectivity index (χ1n) is 7.94. The largest absolute Gasteiger partial charge is 0.459 e. The summed E-state index contributed by atoms with van der Waals surface area (Å²) in [6.07, 6.45) is 4.41. The quantitative estimate of drug-likeness (QED) is 0.723. The monoisotopic (exact) mass is 342 g/mol. The molecule has 2 heterocycles. The molecule has 0 unspecified atom stereocenters. The normalized spacial score (nSPS) is 10.6. The highest BCUT2D eigenvalue weighted by Crippen LogP contribution is 2.22. The number of hydrogen-bond acceptors (Lipinski definition) is 3. The molecule has 0 fully saturated rings. The van der Waals surface area contributed by atoms with Gasteiger partial charge in [0.1, 0.15) is 17.3 Å². The smallest absolute Gasteiger partial charge is 0.315 e. The molecule has 25 heavy (non-hydrogen) atoms. The van der Waals surface area contributed by atoms with Crippen molar-refractivity contribution in [3.8, 4) is 11.3 Å². The van der Waals surface area contributed by atoms with Crippen molar-refractivity contribution in [3.05, 3.63) is 65.9 Å². The molecular formula is C18H19FN4O2. The van der Waals surface area contributed by atoms with Gasteiger partial charge in [0.05, 0.1) is 12.7 Å². The summed E-state index contributed by atoms with van der Waals surface area (Å²) in [5.41, 5.74) is 1.85. The Hall–Kier alpha value is -3.09. The van der Waals surface area contributed by atoms with E-state index in [2.05, 4.69) is 15.7 Å². The summed E-state index contributed by atoms with van der Waals surface area (Å²) < 4.78 is 20.3. The fourth-order valence-electron chi connectivity index (χ4n) is 2.39. The summed E-state index contributed by atoms with van der Waals surface area (Å²) in [4.78, 5) is 11.8. The first-order valence-corrected chi connectivity index (χ1v) is 7.94. The lowest BCUT2D eigenvalue weighted by Crippen LogP contribution is -2.36. The zero-order chi connectivity index (χ0) is 17.6. The number of halogens is 1. The van der Waals surface area contributed by atoms with E-state index in [1.807, 2.05) is 13.2 Å². The Balaban J connectivity index is 1.43. The van der Waals surface area contributed by atoms with Crippen LogP contribution in [0.5, 0.6) is 0 Å². The minimum Gasteiger partial charge on any atom is -0.459 e. The number of hydrogen-bond donors (Lipinski definition) is 2. The van der Waals surface area contributed by atoms with Crippen LogP contribution in [0.2, 0.25) is 0 Å². The van der Waals surface area contributed by atoms with Crippen LogP contribution in [0.4, 0.5) is 9.18 Å². The van der Waals surface area contributed by atoms with Crippen LogP contribution >= 0.6 is 0 Å². The van der Waals surface area contributed by atoms with Crippen molar-refractivity contribution in [1.29, 1.82) is 0 Å². The van der Waals surface area contributed by atoms with E-state index in [0.29, 0.717) is 18.1 Å². The number of aromatic nitrogens is 2. The van der Waals surface area contributed by atoms with Gasteiger partial charge in [0.2, 0.25) is 0 Å². The molecule has 3 rings (SSSR count). The van der Waals surface area contributed by atoms with Gasteiger partial charge in [-0.3, -0.25) is 4.68 Å². The molecular weight excluding hydrogens is 323 g/mol. The van der Waals surface area contributed by atoms with Crippen molar-refractivity contribution >= 4 is 6.03 Å². The maximum atomic E-state index is 12.9. The number of furan rings is 1. The molecule has 2 amide bonds. The lowest BCUT2D eigenvalue weighted by Gasteiger charge is -2.05. The molecule has 130 valence electrons. The predicted molar refractivity (Wildman–Crippen MR) is 91.3 cm³/mol. The first-order chi connectivity index (χ1) is 12.1. The third kappa shape index (κ3) is 4.69. The zero-order valence-corrected chi connectivity index (χ0v) is 13.8. The summed E-state index contributed by atoms with van der Waals surface area (Å²) in [5.74, 6) is 0.968. The molecule has 0 bridgehead atoms. The number of amides is 2. The highest BCUT2D eigenvalue weighted by atomic mass is 19.1. The molecule has 0 aliphatic carbocycles. The van der Waals surface area contributed by atoms with E-state index in [9.17, 15) is 9.18 Å². The average molecular weight is 342 g/mol. The van der Waals surface area contributed by atoms with Gasteiger partial charge in [-0.05, 0) is 48.4 Å². The Morgan fingerprint density at radius 2 is 2.00 bits per heavy atom. The van der Waals surface area contributed by atoms with Crippen LogP contribution in [-0.4, -0.2) is 22.4 Å². The van der Waals surface area contributed by atoms with Crippen LogP contribution in [0.1, 0.15) is 11.3 Å². The van der Waals surface area contributed by atoms with Crippen LogP contribution in [0, 0.1) is 5.82 Å². The number of aryl methyl sites for hydroxylation is 1. The van der Waals surface area contributed by atoms with E-state index in [4.69, 9.17) is 4.42 Å². The molecule has 0 aliphatic heterocycles. The minimum atomic E-state index is -0.292. The predicted octanol–water partition coefficient (Wildman–Crippen LogP) is 2.86. The van der Waals surface area contributed by atoms with Crippen LogP contribution < -0.4 is 10.6 Å². The van der Waals surface area contributed by atoms with Gasteiger partial charge in [-0.1, -0.05) is 0 Å². The number of carbonyl (C=O) groups excluding carboxylic acids is 1. The second kappa shape index (κ2) is 7.65. The summed E-state index contributed by atoms with van der Waals surface area (Å²) in [6, 6.07) is 9.38. The van der Waals surface area contributed by atoms with Crippen molar-refractivity contribution in [2.24, 2.45) is 7.05 Å².